The lowest BCUT2D eigenvalue weighted by molar-refractivity contribution is 0.102. The van der Waals surface area contributed by atoms with Crippen LogP contribution in [0.4, 0.5) is 5.69 Å². The Morgan fingerprint density at radius 1 is 0.778 bits per heavy atom. The second-order valence-corrected chi connectivity index (χ2v) is 7.36. The Hall–Kier alpha value is -3.29. The van der Waals surface area contributed by atoms with Crippen LogP contribution in [0.1, 0.15) is 30.6 Å². The van der Waals surface area contributed by atoms with Crippen molar-refractivity contribution in [3.63, 3.8) is 0 Å². The van der Waals surface area contributed by atoms with E-state index in [0.29, 0.717) is 11.1 Å². The van der Waals surface area contributed by atoms with Gasteiger partial charge in [0.1, 0.15) is 0 Å². The molecule has 3 aromatic rings. The van der Waals surface area contributed by atoms with Gasteiger partial charge in [0.25, 0.3) is 5.91 Å². The van der Waals surface area contributed by atoms with Crippen LogP contribution in [-0.2, 0) is 10.0 Å². The third-order valence-electron chi connectivity index (χ3n) is 3.84. The number of carbonyl (C=O) groups excluding carboxylic acids is 2. The molecule has 3 rings (SSSR count). The number of ketones is 1. The van der Waals surface area contributed by atoms with Gasteiger partial charge in [0, 0.05) is 26.7 Å². The van der Waals surface area contributed by atoms with Crippen LogP contribution in [0.15, 0.2) is 83.8 Å². The number of anilines is 1. The van der Waals surface area contributed by atoms with Crippen molar-refractivity contribution < 1.29 is 22.3 Å². The van der Waals surface area contributed by atoms with Crippen molar-refractivity contribution in [2.24, 2.45) is 5.14 Å². The van der Waals surface area contributed by atoms with E-state index in [2.05, 4.69) is 5.32 Å². The molecule has 27 heavy (non-hydrogen) atoms. The summed E-state index contributed by atoms with van der Waals surface area (Å²) < 4.78 is 22.8. The van der Waals surface area contributed by atoms with E-state index in [-0.39, 0.29) is 26.2 Å². The first kappa shape index (κ1) is 18.5. The highest BCUT2D eigenvalue weighted by Gasteiger charge is 2.13. The predicted octanol–water partition coefficient (Wildman–Crippen LogP) is 3.56. The smallest absolute Gasteiger partial charge is 0.255 e. The molecule has 0 aromatic heterocycles. The number of benzene rings is 3. The topological polar surface area (TPSA) is 106 Å². The molecule has 0 aliphatic carbocycles. The van der Waals surface area contributed by atoms with Gasteiger partial charge in [0.05, 0.1) is 4.90 Å². The lowest BCUT2D eigenvalue weighted by Crippen LogP contribution is -2.15. The number of rotatable bonds is 5. The number of sulfonamides is 1. The third-order valence-corrected chi connectivity index (χ3v) is 4.75. The molecule has 0 fully saturated rings. The average Bonchev–Trinajstić information content (AvgIpc) is 2.68. The van der Waals surface area contributed by atoms with Crippen LogP contribution in [0, 0.1) is 0 Å². The van der Waals surface area contributed by atoms with Gasteiger partial charge in [0.15, 0.2) is 5.78 Å². The lowest BCUT2D eigenvalue weighted by Gasteiger charge is -2.08. The summed E-state index contributed by atoms with van der Waals surface area (Å²) in [6, 6.07) is 20.7. The SMILES string of the molecule is NS(=O)(=O)c1cccc(NC(=O)c2cccc(C(=O)c3ccccc3)c2)c1.[HH].[HH].[HH]. The summed E-state index contributed by atoms with van der Waals surface area (Å²) in [5.74, 6) is -0.661. The van der Waals surface area contributed by atoms with E-state index >= 15 is 0 Å². The van der Waals surface area contributed by atoms with E-state index < -0.39 is 15.9 Å². The van der Waals surface area contributed by atoms with Crippen LogP contribution in [0.5, 0.6) is 0 Å². The number of carbonyl (C=O) groups is 2. The molecule has 6 nitrogen and oxygen atoms in total. The second-order valence-electron chi connectivity index (χ2n) is 5.80. The van der Waals surface area contributed by atoms with E-state index in [0.717, 1.165) is 0 Å². The summed E-state index contributed by atoms with van der Waals surface area (Å²) in [5, 5.41) is 7.70. The molecule has 3 aromatic carbocycles. The van der Waals surface area contributed by atoms with Gasteiger partial charge in [-0.2, -0.15) is 0 Å². The molecule has 0 spiro atoms. The zero-order valence-corrected chi connectivity index (χ0v) is 14.9. The monoisotopic (exact) mass is 386 g/mol. The first-order chi connectivity index (χ1) is 12.8. The van der Waals surface area contributed by atoms with Crippen LogP contribution >= 0.6 is 0 Å². The predicted molar refractivity (Wildman–Crippen MR) is 108 cm³/mol. The molecule has 0 radical (unpaired) electrons. The number of nitrogens with one attached hydrogen (secondary N) is 1. The molecule has 0 unspecified atom stereocenters. The van der Waals surface area contributed by atoms with Crippen LogP contribution in [0.2, 0.25) is 0 Å². The molecule has 0 saturated heterocycles. The van der Waals surface area contributed by atoms with Gasteiger partial charge in [-0.25, -0.2) is 13.6 Å². The van der Waals surface area contributed by atoms with Gasteiger partial charge in [0.2, 0.25) is 10.0 Å². The Morgan fingerprint density at radius 2 is 1.41 bits per heavy atom. The van der Waals surface area contributed by atoms with E-state index in [4.69, 9.17) is 5.14 Å². The van der Waals surface area contributed by atoms with Crippen molar-refractivity contribution in [2.45, 2.75) is 4.90 Å². The Kier molecular flexibility index (Phi) is 5.16. The third kappa shape index (κ3) is 4.46. The van der Waals surface area contributed by atoms with Crippen LogP contribution in [0.3, 0.4) is 0 Å². The van der Waals surface area contributed by atoms with Crippen molar-refractivity contribution in [3.8, 4) is 0 Å². The molecular formula is C20H22N2O4S. The number of primary sulfonamides is 1. The minimum Gasteiger partial charge on any atom is -0.322 e. The van der Waals surface area contributed by atoms with Gasteiger partial charge in [-0.1, -0.05) is 48.5 Å². The summed E-state index contributed by atoms with van der Waals surface area (Å²) in [5.41, 5.74) is 1.46. The molecule has 7 heteroatoms. The van der Waals surface area contributed by atoms with Gasteiger partial charge in [-0.3, -0.25) is 9.59 Å². The fourth-order valence-corrected chi connectivity index (χ4v) is 3.07. The van der Waals surface area contributed by atoms with Gasteiger partial charge < -0.3 is 5.32 Å². The second kappa shape index (κ2) is 7.53. The maximum atomic E-state index is 12.5. The van der Waals surface area contributed by atoms with Gasteiger partial charge in [-0.05, 0) is 30.3 Å². The summed E-state index contributed by atoms with van der Waals surface area (Å²) in [4.78, 5) is 24.9. The fraction of sp³-hybridized carbons (Fsp3) is 0. The molecule has 0 aliphatic heterocycles. The molecule has 0 aliphatic rings. The van der Waals surface area contributed by atoms with Crippen molar-refractivity contribution in [1.29, 1.82) is 0 Å². The first-order valence-electron chi connectivity index (χ1n) is 7.98. The standard InChI is InChI=1S/C20H16N2O4S.3H2/c21-27(25,26)18-11-5-10-17(13-18)22-20(24)16-9-4-8-15(12-16)19(23)14-6-2-1-3-7-14;;;/h1-13H,(H,22,24)(H2,21,25,26);3*1H. The summed E-state index contributed by atoms with van der Waals surface area (Å²) in [7, 11) is -3.87. The highest BCUT2D eigenvalue weighted by atomic mass is 32.2. The Morgan fingerprint density at radius 3 is 2.11 bits per heavy atom. The zero-order chi connectivity index (χ0) is 19.4. The molecule has 0 heterocycles. The van der Waals surface area contributed by atoms with Crippen molar-refractivity contribution >= 4 is 27.4 Å². The molecular weight excluding hydrogens is 364 g/mol. The van der Waals surface area contributed by atoms with Crippen molar-refractivity contribution in [2.75, 3.05) is 5.32 Å². The summed E-state index contributed by atoms with van der Waals surface area (Å²) >= 11 is 0. The molecule has 3 N–H and O–H groups in total. The van der Waals surface area contributed by atoms with Crippen LogP contribution < -0.4 is 10.5 Å². The van der Waals surface area contributed by atoms with E-state index in [1.54, 1.807) is 48.5 Å². The Labute approximate surface area is 161 Å². The largest absolute Gasteiger partial charge is 0.322 e. The van der Waals surface area contributed by atoms with E-state index in [1.807, 2.05) is 6.07 Å². The summed E-state index contributed by atoms with van der Waals surface area (Å²) in [6.45, 7) is 0. The molecule has 142 valence electrons. The molecule has 0 atom stereocenters. The quantitative estimate of drug-likeness (QED) is 0.654. The maximum Gasteiger partial charge on any atom is 0.255 e. The molecule has 1 amide bonds. The maximum absolute atomic E-state index is 12.5. The van der Waals surface area contributed by atoms with Crippen molar-refractivity contribution in [3.05, 3.63) is 95.6 Å². The Balaban J connectivity index is 0.00000280. The average molecular weight is 386 g/mol. The number of amides is 1. The van der Waals surface area contributed by atoms with E-state index in [9.17, 15) is 18.0 Å². The van der Waals surface area contributed by atoms with Gasteiger partial charge >= 0.3 is 0 Å². The summed E-state index contributed by atoms with van der Waals surface area (Å²) in [6.07, 6.45) is 0. The fourth-order valence-electron chi connectivity index (χ4n) is 2.51. The first-order valence-corrected chi connectivity index (χ1v) is 9.53. The van der Waals surface area contributed by atoms with E-state index in [1.165, 1.54) is 24.3 Å². The van der Waals surface area contributed by atoms with Crippen molar-refractivity contribution in [1.82, 2.24) is 0 Å². The van der Waals surface area contributed by atoms with Gasteiger partial charge in [-0.15, -0.1) is 0 Å². The normalized spacial score (nSPS) is 11.0. The minimum absolute atomic E-state index is 0. The highest BCUT2D eigenvalue weighted by molar-refractivity contribution is 7.89. The molecule has 0 saturated carbocycles. The lowest BCUT2D eigenvalue weighted by atomic mass is 10.0. The Bertz CT molecular complexity index is 1120. The zero-order valence-electron chi connectivity index (χ0n) is 14.1. The molecule has 0 bridgehead atoms. The van der Waals surface area contributed by atoms with Crippen LogP contribution in [0.25, 0.3) is 0 Å². The number of hydrogen-bond acceptors (Lipinski definition) is 4. The minimum atomic E-state index is -3.87. The van der Waals surface area contributed by atoms with Crippen LogP contribution in [-0.4, -0.2) is 20.1 Å². The highest BCUT2D eigenvalue weighted by Crippen LogP contribution is 2.17. The number of nitrogens with two attached hydrogens (primary N) is 1. The number of hydrogen-bond donors (Lipinski definition) is 2.